The summed E-state index contributed by atoms with van der Waals surface area (Å²) in [7, 11) is 4.17. The smallest absolute Gasteiger partial charge is 0.265 e. The summed E-state index contributed by atoms with van der Waals surface area (Å²) >= 11 is 0. The lowest BCUT2D eigenvalue weighted by Gasteiger charge is -2.20. The maximum atomic E-state index is 12.3. The molecule has 0 unspecified atom stereocenters. The molecule has 1 aliphatic carbocycles. The van der Waals surface area contributed by atoms with Gasteiger partial charge in [0, 0.05) is 28.9 Å². The number of ether oxygens (including phenoxy) is 1. The molecule has 4 N–H and O–H groups in total. The third-order valence-electron chi connectivity index (χ3n) is 5.13. The van der Waals surface area contributed by atoms with Gasteiger partial charge in [0.15, 0.2) is 0 Å². The Kier molecular flexibility index (Phi) is 4.47. The highest BCUT2D eigenvalue weighted by molar-refractivity contribution is 5.91. The molecule has 7 heteroatoms. The van der Waals surface area contributed by atoms with Crippen LogP contribution >= 0.6 is 0 Å². The first-order chi connectivity index (χ1) is 13.3. The third-order valence-corrected chi connectivity index (χ3v) is 5.13. The van der Waals surface area contributed by atoms with Gasteiger partial charge in [0.25, 0.3) is 11.5 Å². The highest BCUT2D eigenvalue weighted by Gasteiger charge is 2.43. The minimum atomic E-state index is -0.718. The molecule has 2 aromatic heterocycles. The van der Waals surface area contributed by atoms with Crippen LogP contribution in [0.1, 0.15) is 23.3 Å². The summed E-state index contributed by atoms with van der Waals surface area (Å²) in [4.78, 5) is 31.3. The number of benzene rings is 1. The Hall–Kier alpha value is -3.06. The Bertz CT molecular complexity index is 1090. The second kappa shape index (κ2) is 6.83. The summed E-state index contributed by atoms with van der Waals surface area (Å²) in [5.41, 5.74) is 6.96. The fourth-order valence-electron chi connectivity index (χ4n) is 3.54. The second-order valence-electron chi connectivity index (χ2n) is 7.85. The number of pyridine rings is 1. The number of nitrogens with zero attached hydrogens (tertiary/aromatic N) is 1. The molecule has 28 heavy (non-hydrogen) atoms. The number of H-pyrrole nitrogens is 2. The lowest BCUT2D eigenvalue weighted by Crippen LogP contribution is -2.27. The van der Waals surface area contributed by atoms with Crippen LogP contribution in [0.15, 0.2) is 35.1 Å². The number of fused-ring (bicyclic) bond motifs is 1. The highest BCUT2D eigenvalue weighted by Crippen LogP contribution is 2.46. The summed E-state index contributed by atoms with van der Waals surface area (Å²) < 4.78 is 6.06. The minimum Gasteiger partial charge on any atom is -0.493 e. The maximum absolute atomic E-state index is 12.3. The first-order valence-corrected chi connectivity index (χ1v) is 9.21. The molecular weight excluding hydrogens is 356 g/mol. The fourth-order valence-corrected chi connectivity index (χ4v) is 3.54. The molecule has 1 fully saturated rings. The standard InChI is InChI=1S/C21H23N4O3/c1-25(2)11-21(7-8-21)12-28-14-3-5-16-13(9-14)10-18(23-16)15-4-6-17(19(22)26)24-20(15)27/h3-5,9-10,23H,7-8,11-12H2,1-2H3,(H2,22,26)(H,24,27). The van der Waals surface area contributed by atoms with Gasteiger partial charge in [0.1, 0.15) is 11.4 Å². The van der Waals surface area contributed by atoms with Crippen molar-refractivity contribution in [3.63, 3.8) is 0 Å². The van der Waals surface area contributed by atoms with Crippen LogP contribution in [0, 0.1) is 11.5 Å². The summed E-state index contributed by atoms with van der Waals surface area (Å²) in [6.45, 7) is 1.74. The van der Waals surface area contributed by atoms with Crippen LogP contribution in [0.25, 0.3) is 22.2 Å². The molecule has 3 aromatic rings. The van der Waals surface area contributed by atoms with Crippen LogP contribution in [0.3, 0.4) is 0 Å². The van der Waals surface area contributed by atoms with Gasteiger partial charge in [-0.2, -0.15) is 0 Å². The summed E-state index contributed by atoms with van der Waals surface area (Å²) in [6.07, 6.45) is 2.39. The van der Waals surface area contributed by atoms with Crippen molar-refractivity contribution in [3.05, 3.63) is 52.4 Å². The average Bonchev–Trinajstić information content (AvgIpc) is 3.26. The number of hydrogen-bond acceptors (Lipinski definition) is 4. The van der Waals surface area contributed by atoms with Gasteiger partial charge < -0.3 is 25.3 Å². The molecule has 0 spiro atoms. The van der Waals surface area contributed by atoms with Gasteiger partial charge >= 0.3 is 0 Å². The zero-order chi connectivity index (χ0) is 19.9. The van der Waals surface area contributed by atoms with E-state index in [2.05, 4.69) is 35.0 Å². The Labute approximate surface area is 162 Å². The lowest BCUT2D eigenvalue weighted by atomic mass is 10.1. The second-order valence-corrected chi connectivity index (χ2v) is 7.85. The molecule has 0 atom stereocenters. The number of rotatable bonds is 7. The van der Waals surface area contributed by atoms with Crippen LogP contribution < -0.4 is 16.0 Å². The number of carbonyl (C=O) groups excluding carboxylic acids is 1. The molecule has 0 saturated heterocycles. The van der Waals surface area contributed by atoms with Crippen LogP contribution in [0.4, 0.5) is 0 Å². The highest BCUT2D eigenvalue weighted by atomic mass is 16.5. The zero-order valence-electron chi connectivity index (χ0n) is 16.0. The van der Waals surface area contributed by atoms with Crippen molar-refractivity contribution in [1.29, 1.82) is 0 Å². The van der Waals surface area contributed by atoms with Gasteiger partial charge in [-0.05, 0) is 57.3 Å². The van der Waals surface area contributed by atoms with E-state index in [0.29, 0.717) is 17.9 Å². The van der Waals surface area contributed by atoms with Crippen molar-refractivity contribution in [2.45, 2.75) is 12.8 Å². The van der Waals surface area contributed by atoms with Crippen molar-refractivity contribution in [3.8, 4) is 17.0 Å². The van der Waals surface area contributed by atoms with E-state index in [4.69, 9.17) is 10.5 Å². The van der Waals surface area contributed by atoms with E-state index in [1.807, 2.05) is 24.3 Å². The van der Waals surface area contributed by atoms with E-state index >= 15 is 0 Å². The van der Waals surface area contributed by atoms with E-state index in [-0.39, 0.29) is 11.1 Å². The van der Waals surface area contributed by atoms with Gasteiger partial charge in [0.2, 0.25) is 0 Å². The fraction of sp³-hybridized carbons (Fsp3) is 0.333. The van der Waals surface area contributed by atoms with Crippen molar-refractivity contribution < 1.29 is 9.53 Å². The quantitative estimate of drug-likeness (QED) is 0.585. The Morgan fingerprint density at radius 2 is 2.07 bits per heavy atom. The van der Waals surface area contributed by atoms with Gasteiger partial charge in [0.05, 0.1) is 17.9 Å². The summed E-state index contributed by atoms with van der Waals surface area (Å²) in [5.74, 6) is 0.0948. The molecule has 1 amide bonds. The van der Waals surface area contributed by atoms with E-state index < -0.39 is 11.5 Å². The molecule has 2 heterocycles. The number of carbonyl (C=O) groups is 1. The Morgan fingerprint density at radius 3 is 2.71 bits per heavy atom. The van der Waals surface area contributed by atoms with Gasteiger partial charge in [-0.3, -0.25) is 9.59 Å². The largest absolute Gasteiger partial charge is 0.493 e. The number of aromatic nitrogens is 2. The van der Waals surface area contributed by atoms with Crippen LogP contribution in [-0.2, 0) is 0 Å². The normalized spacial score (nSPS) is 15.1. The van der Waals surface area contributed by atoms with E-state index in [1.165, 1.54) is 18.9 Å². The molecule has 145 valence electrons. The first-order valence-electron chi connectivity index (χ1n) is 9.21. The number of nitrogens with one attached hydrogen (secondary N) is 2. The van der Waals surface area contributed by atoms with Crippen LogP contribution in [0.2, 0.25) is 0 Å². The summed E-state index contributed by atoms with van der Waals surface area (Å²) in [5, 5.41) is 0.948. The summed E-state index contributed by atoms with van der Waals surface area (Å²) in [6, 6.07) is 11.9. The van der Waals surface area contributed by atoms with Crippen LogP contribution in [-0.4, -0.2) is 48.0 Å². The Morgan fingerprint density at radius 1 is 1.29 bits per heavy atom. The lowest BCUT2D eigenvalue weighted by molar-refractivity contribution is 0.0995. The molecule has 0 bridgehead atoms. The topological polar surface area (TPSA) is 104 Å². The van der Waals surface area contributed by atoms with E-state index in [1.54, 1.807) is 0 Å². The number of amides is 1. The molecule has 1 aromatic carbocycles. The Balaban J connectivity index is 1.55. The van der Waals surface area contributed by atoms with Crippen LogP contribution in [0.5, 0.6) is 5.75 Å². The van der Waals surface area contributed by atoms with Crippen molar-refractivity contribution in [2.75, 3.05) is 27.2 Å². The maximum Gasteiger partial charge on any atom is 0.265 e. The van der Waals surface area contributed by atoms with Gasteiger partial charge in [-0.15, -0.1) is 0 Å². The van der Waals surface area contributed by atoms with Gasteiger partial charge in [-0.25, -0.2) is 0 Å². The number of hydrogen-bond donors (Lipinski definition) is 3. The van der Waals surface area contributed by atoms with E-state index in [9.17, 15) is 9.59 Å². The molecule has 0 aliphatic heterocycles. The molecule has 1 aliphatic rings. The third kappa shape index (κ3) is 3.66. The van der Waals surface area contributed by atoms with Crippen molar-refractivity contribution in [2.24, 2.45) is 11.1 Å². The molecular formula is C21H23N4O3. The predicted octanol–water partition coefficient (Wildman–Crippen LogP) is 2.14. The van der Waals surface area contributed by atoms with Gasteiger partial charge in [-0.1, -0.05) is 0 Å². The zero-order valence-corrected chi connectivity index (χ0v) is 16.0. The first kappa shape index (κ1) is 18.3. The molecule has 1 saturated carbocycles. The molecule has 7 nitrogen and oxygen atoms in total. The monoisotopic (exact) mass is 379 g/mol. The van der Waals surface area contributed by atoms with Crippen molar-refractivity contribution in [1.82, 2.24) is 14.9 Å². The number of nitrogens with two attached hydrogens (primary N) is 1. The van der Waals surface area contributed by atoms with Crippen molar-refractivity contribution >= 4 is 16.8 Å². The molecule has 4 rings (SSSR count). The predicted molar refractivity (Wildman–Crippen MR) is 107 cm³/mol. The number of primary amides is 1. The molecule has 1 radical (unpaired) electrons. The van der Waals surface area contributed by atoms with E-state index in [0.717, 1.165) is 23.2 Å². The average molecular weight is 379 g/mol. The minimum absolute atomic E-state index is 0.0349. The number of aromatic amines is 2. The SMILES string of the molecule is CN(C)CC1(COc2ccc3[nH]c(-c4c[c]c(C(N)=O)[nH]c4=O)cc3c2)CC1.